The smallest absolute Gasteiger partial charge is 0.220 e. The monoisotopic (exact) mass is 758 g/mol. The van der Waals surface area contributed by atoms with Crippen molar-refractivity contribution in [3.63, 3.8) is 0 Å². The molecule has 9 atom stereocenters. The summed E-state index contributed by atoms with van der Waals surface area (Å²) >= 11 is 0. The van der Waals surface area contributed by atoms with Crippen LogP contribution in [0.3, 0.4) is 0 Å². The van der Waals surface area contributed by atoms with Crippen molar-refractivity contribution in [3.8, 4) is 0 Å². The summed E-state index contributed by atoms with van der Waals surface area (Å²) in [5.74, 6) is -0.301. The normalized spacial score (nSPS) is 28.0. The largest absolute Gasteiger partial charge is 0.394 e. The van der Waals surface area contributed by atoms with Gasteiger partial charge < -0.3 is 50.7 Å². The van der Waals surface area contributed by atoms with E-state index in [1.165, 1.54) is 116 Å². The number of carbonyl (C=O) groups is 1. The van der Waals surface area contributed by atoms with Crippen molar-refractivity contribution in [2.45, 2.75) is 236 Å². The second-order valence-corrected chi connectivity index (χ2v) is 15.9. The molecule has 1 unspecified atom stereocenters. The first-order valence-corrected chi connectivity index (χ1v) is 22.0. The fourth-order valence-electron chi connectivity index (χ4n) is 7.87. The molecule has 8 N–H and O–H groups in total. The zero-order valence-corrected chi connectivity index (χ0v) is 33.6. The van der Waals surface area contributed by atoms with Crippen molar-refractivity contribution >= 4 is 5.91 Å². The van der Waals surface area contributed by atoms with Gasteiger partial charge in [-0.3, -0.25) is 4.79 Å². The molecule has 2 heterocycles. The lowest BCUT2D eigenvalue weighted by Gasteiger charge is -2.49. The van der Waals surface area contributed by atoms with Crippen LogP contribution in [0.4, 0.5) is 0 Å². The first-order chi connectivity index (χ1) is 25.8. The van der Waals surface area contributed by atoms with Crippen LogP contribution in [-0.4, -0.2) is 111 Å². The number of rotatable bonds is 32. The van der Waals surface area contributed by atoms with Gasteiger partial charge >= 0.3 is 0 Å². The fraction of sp³-hybridized carbons (Fsp3) is 0.952. The lowest BCUT2D eigenvalue weighted by Crippen LogP contribution is -2.69. The second-order valence-electron chi connectivity index (χ2n) is 15.9. The van der Waals surface area contributed by atoms with E-state index < -0.39 is 68.0 Å². The molecular weight excluding hydrogens is 676 g/mol. The molecule has 2 saturated heterocycles. The van der Waals surface area contributed by atoms with Crippen molar-refractivity contribution in [1.29, 1.82) is 0 Å². The fourth-order valence-corrected chi connectivity index (χ4v) is 7.87. The molecule has 0 aromatic heterocycles. The molecule has 2 rings (SSSR count). The summed E-state index contributed by atoms with van der Waals surface area (Å²) in [5.41, 5.74) is 0. The second kappa shape index (κ2) is 30.3. The Labute approximate surface area is 322 Å². The van der Waals surface area contributed by atoms with E-state index in [0.717, 1.165) is 38.5 Å². The molecule has 0 aromatic carbocycles. The Kier molecular flexibility index (Phi) is 27.6. The van der Waals surface area contributed by atoms with Gasteiger partial charge in [-0.1, -0.05) is 162 Å². The average Bonchev–Trinajstić information content (AvgIpc) is 3.16. The molecule has 1 radical (unpaired) electrons. The third-order valence-corrected chi connectivity index (χ3v) is 11.3. The van der Waals surface area contributed by atoms with E-state index in [9.17, 15) is 35.4 Å². The molecule has 53 heavy (non-hydrogen) atoms. The van der Waals surface area contributed by atoms with Gasteiger partial charge in [0, 0.05) is 6.42 Å². The van der Waals surface area contributed by atoms with E-state index in [4.69, 9.17) is 9.47 Å². The summed E-state index contributed by atoms with van der Waals surface area (Å²) in [7, 11) is 0. The Morgan fingerprint density at radius 3 is 1.43 bits per heavy atom. The highest BCUT2D eigenvalue weighted by atomic mass is 16.6. The summed E-state index contributed by atoms with van der Waals surface area (Å²) in [6.45, 7) is 4.02. The van der Waals surface area contributed by atoms with Crippen LogP contribution in [0.5, 0.6) is 0 Å². The lowest BCUT2D eigenvalue weighted by atomic mass is 9.84. The van der Waals surface area contributed by atoms with Crippen LogP contribution in [0, 0.1) is 6.10 Å². The summed E-state index contributed by atoms with van der Waals surface area (Å²) in [6, 6.07) is -1.84. The molecule has 2 aliphatic heterocycles. The Morgan fingerprint density at radius 1 is 0.547 bits per heavy atom. The highest BCUT2D eigenvalue weighted by Crippen LogP contribution is 2.36. The van der Waals surface area contributed by atoms with Crippen LogP contribution in [-0.2, 0) is 14.3 Å². The SMILES string of the molecule is CCCCCCCCCCCCCCCCCC(=O)N[C@H]1[C@H](O)[C@@H](O)C([C]2O[C@H](CO)[C@@H](NCCCCCCCCCCCC)[C@H](O)[C@H]2O)O[C@@H]1CO. The minimum absolute atomic E-state index is 0.221. The molecule has 0 aliphatic carbocycles. The zero-order chi connectivity index (χ0) is 38.7. The molecule has 0 saturated carbocycles. The zero-order valence-electron chi connectivity index (χ0n) is 33.6. The quantitative estimate of drug-likeness (QED) is 0.0395. The van der Waals surface area contributed by atoms with Gasteiger partial charge in [-0.15, -0.1) is 0 Å². The van der Waals surface area contributed by atoms with Crippen LogP contribution in [0.25, 0.3) is 0 Å². The van der Waals surface area contributed by atoms with Crippen molar-refractivity contribution in [3.05, 3.63) is 6.10 Å². The van der Waals surface area contributed by atoms with E-state index in [1.54, 1.807) is 0 Å². The molecule has 0 bridgehead atoms. The Morgan fingerprint density at radius 2 is 0.981 bits per heavy atom. The molecular formula is C42H81N2O9. The molecule has 11 heteroatoms. The van der Waals surface area contributed by atoms with E-state index >= 15 is 0 Å². The highest BCUT2D eigenvalue weighted by Gasteiger charge is 2.55. The standard InChI is InChI=1S/C42H81N2O9/c1-3-5-7-9-11-13-15-16-17-18-19-20-22-24-26-28-34(47)44-36-33(31-46)53-42(40(51)38(36)49)41-39(50)37(48)35(32(30-45)52-41)43-29-27-25-23-21-14-12-10-8-6-4-2/h32-33,35-40,42-43,45-46,48-51H,3-31H2,1-2H3,(H,44,47)/t32-,33-,35-,36-,37+,38+,39-,40-,42?/m1/s1. The van der Waals surface area contributed by atoms with Crippen LogP contribution in [0.15, 0.2) is 0 Å². The van der Waals surface area contributed by atoms with Gasteiger partial charge in [-0.05, 0) is 19.4 Å². The number of carbonyl (C=O) groups excluding carboxylic acids is 1. The highest BCUT2D eigenvalue weighted by molar-refractivity contribution is 5.76. The Balaban J connectivity index is 1.68. The number of nitrogens with one attached hydrogen (secondary N) is 2. The minimum atomic E-state index is -1.62. The molecule has 1 amide bonds. The summed E-state index contributed by atoms with van der Waals surface area (Å²) < 4.78 is 11.8. The van der Waals surface area contributed by atoms with Crippen molar-refractivity contribution < 1.29 is 44.9 Å². The number of amides is 1. The van der Waals surface area contributed by atoms with E-state index in [1.807, 2.05) is 0 Å². The lowest BCUT2D eigenvalue weighted by molar-refractivity contribution is -0.238. The number of aliphatic hydroxyl groups is 6. The van der Waals surface area contributed by atoms with Crippen LogP contribution < -0.4 is 10.6 Å². The van der Waals surface area contributed by atoms with Gasteiger partial charge in [-0.2, -0.15) is 0 Å². The van der Waals surface area contributed by atoms with Crippen molar-refractivity contribution in [2.24, 2.45) is 0 Å². The topological polar surface area (TPSA) is 181 Å². The maximum Gasteiger partial charge on any atom is 0.220 e. The maximum atomic E-state index is 12.8. The number of hydrogen-bond acceptors (Lipinski definition) is 10. The van der Waals surface area contributed by atoms with Crippen LogP contribution in [0.2, 0.25) is 0 Å². The maximum absolute atomic E-state index is 12.8. The predicted octanol–water partition coefficient (Wildman–Crippen LogP) is 5.74. The minimum Gasteiger partial charge on any atom is -0.394 e. The van der Waals surface area contributed by atoms with Crippen molar-refractivity contribution in [1.82, 2.24) is 10.6 Å². The number of aliphatic hydroxyl groups excluding tert-OH is 6. The molecule has 2 aliphatic rings. The van der Waals surface area contributed by atoms with Gasteiger partial charge in [0.05, 0.1) is 31.4 Å². The van der Waals surface area contributed by atoms with Gasteiger partial charge in [0.25, 0.3) is 0 Å². The van der Waals surface area contributed by atoms with Gasteiger partial charge in [0.1, 0.15) is 36.6 Å². The molecule has 0 aromatic rings. The van der Waals surface area contributed by atoms with Crippen LogP contribution in [0.1, 0.15) is 181 Å². The number of hydrogen-bond donors (Lipinski definition) is 8. The Bertz CT molecular complexity index is 882. The van der Waals surface area contributed by atoms with E-state index in [2.05, 4.69) is 24.5 Å². The first-order valence-electron chi connectivity index (χ1n) is 22.0. The predicted molar refractivity (Wildman–Crippen MR) is 210 cm³/mol. The van der Waals surface area contributed by atoms with Gasteiger partial charge in [0.2, 0.25) is 5.91 Å². The van der Waals surface area contributed by atoms with Crippen molar-refractivity contribution in [2.75, 3.05) is 19.8 Å². The summed E-state index contributed by atoms with van der Waals surface area (Å²) in [4.78, 5) is 12.8. The molecule has 0 spiro atoms. The third kappa shape index (κ3) is 18.7. The van der Waals surface area contributed by atoms with Crippen LogP contribution >= 0.6 is 0 Å². The van der Waals surface area contributed by atoms with E-state index in [-0.39, 0.29) is 18.4 Å². The first kappa shape index (κ1) is 48.3. The number of ether oxygens (including phenoxy) is 2. The molecule has 313 valence electrons. The number of unbranched alkanes of at least 4 members (excludes halogenated alkanes) is 23. The third-order valence-electron chi connectivity index (χ3n) is 11.3. The van der Waals surface area contributed by atoms with E-state index in [0.29, 0.717) is 13.0 Å². The molecule has 11 nitrogen and oxygen atoms in total. The average molecular weight is 758 g/mol. The Hall–Kier alpha value is -0.890. The van der Waals surface area contributed by atoms with Gasteiger partial charge in [-0.25, -0.2) is 0 Å². The summed E-state index contributed by atoms with van der Waals surface area (Å²) in [5, 5.41) is 70.4. The molecule has 2 fully saturated rings. The summed E-state index contributed by atoms with van der Waals surface area (Å²) in [6.07, 6.45) is 20.9. The van der Waals surface area contributed by atoms with Gasteiger partial charge in [0.15, 0.2) is 6.10 Å².